The lowest BCUT2D eigenvalue weighted by Crippen LogP contribution is -2.08. The molecule has 0 amide bonds. The van der Waals surface area contributed by atoms with Crippen molar-refractivity contribution in [1.82, 2.24) is 0 Å². The fourth-order valence-electron chi connectivity index (χ4n) is 2.47. The molecule has 134 valence electrons. The summed E-state index contributed by atoms with van der Waals surface area (Å²) in [6.07, 6.45) is 0.00958. The van der Waals surface area contributed by atoms with Crippen molar-refractivity contribution in [1.29, 1.82) is 0 Å². The average molecular weight is 364 g/mol. The molecule has 2 N–H and O–H groups in total. The lowest BCUT2D eigenvalue weighted by atomic mass is 10.1. The van der Waals surface area contributed by atoms with Crippen molar-refractivity contribution in [2.24, 2.45) is 0 Å². The highest BCUT2D eigenvalue weighted by Gasteiger charge is 2.13. The third kappa shape index (κ3) is 4.57. The zero-order valence-corrected chi connectivity index (χ0v) is 15.5. The molecule has 0 radical (unpaired) electrons. The van der Waals surface area contributed by atoms with Gasteiger partial charge in [0.2, 0.25) is 0 Å². The summed E-state index contributed by atoms with van der Waals surface area (Å²) >= 11 is 6.36. The van der Waals surface area contributed by atoms with E-state index in [9.17, 15) is 9.90 Å². The maximum Gasteiger partial charge on any atom is 0.336 e. The lowest BCUT2D eigenvalue weighted by molar-refractivity contribution is 0.0696. The molecular formula is C19H22ClNO4. The van der Waals surface area contributed by atoms with Crippen molar-refractivity contribution in [2.45, 2.75) is 33.4 Å². The largest absolute Gasteiger partial charge is 0.493 e. The topological polar surface area (TPSA) is 67.8 Å². The maximum absolute atomic E-state index is 11.2. The van der Waals surface area contributed by atoms with Crippen molar-refractivity contribution in [2.75, 3.05) is 12.4 Å². The Labute approximate surface area is 152 Å². The van der Waals surface area contributed by atoms with Crippen LogP contribution in [0.5, 0.6) is 11.5 Å². The molecule has 0 bridgehead atoms. The summed E-state index contributed by atoms with van der Waals surface area (Å²) in [6, 6.07) is 8.68. The normalized spacial score (nSPS) is 10.6. The molecule has 2 aromatic carbocycles. The van der Waals surface area contributed by atoms with Crippen molar-refractivity contribution >= 4 is 23.3 Å². The summed E-state index contributed by atoms with van der Waals surface area (Å²) in [4.78, 5) is 11.2. The Bertz CT molecular complexity index is 774. The monoisotopic (exact) mass is 363 g/mol. The van der Waals surface area contributed by atoms with Gasteiger partial charge in [-0.3, -0.25) is 0 Å². The number of benzene rings is 2. The number of methoxy groups -OCH3 is 1. The summed E-state index contributed by atoms with van der Waals surface area (Å²) in [7, 11) is 1.58. The number of anilines is 1. The summed E-state index contributed by atoms with van der Waals surface area (Å²) < 4.78 is 11.1. The maximum atomic E-state index is 11.2. The van der Waals surface area contributed by atoms with Gasteiger partial charge in [0, 0.05) is 23.3 Å². The highest BCUT2D eigenvalue weighted by Crippen LogP contribution is 2.34. The van der Waals surface area contributed by atoms with Crippen LogP contribution >= 0.6 is 11.6 Å². The van der Waals surface area contributed by atoms with Crippen LogP contribution in [-0.4, -0.2) is 24.3 Å². The second-order valence-corrected chi connectivity index (χ2v) is 6.31. The van der Waals surface area contributed by atoms with Crippen LogP contribution in [-0.2, 0) is 6.54 Å². The first-order valence-corrected chi connectivity index (χ1v) is 8.31. The van der Waals surface area contributed by atoms with Crippen LogP contribution in [0.15, 0.2) is 30.3 Å². The number of carboxylic acid groups (broad SMARTS) is 1. The van der Waals surface area contributed by atoms with Crippen LogP contribution in [0.3, 0.4) is 0 Å². The first-order chi connectivity index (χ1) is 11.8. The van der Waals surface area contributed by atoms with Crippen LogP contribution in [0.1, 0.15) is 35.3 Å². The standard InChI is InChI=1S/C19H22ClNO4/c1-11(2)25-18-9-15(20)13(8-17(18)24-4)10-21-16-7-5-6-14(12(16)3)19(22)23/h5-9,11,21H,10H2,1-4H3,(H,22,23). The van der Waals surface area contributed by atoms with Gasteiger partial charge in [0.15, 0.2) is 11.5 Å². The van der Waals surface area contributed by atoms with Gasteiger partial charge in [0.25, 0.3) is 0 Å². The summed E-state index contributed by atoms with van der Waals surface area (Å²) in [5.41, 5.74) is 2.53. The minimum Gasteiger partial charge on any atom is -0.493 e. The van der Waals surface area contributed by atoms with Gasteiger partial charge in [0.1, 0.15) is 0 Å². The molecule has 0 fully saturated rings. The van der Waals surface area contributed by atoms with Gasteiger partial charge >= 0.3 is 5.97 Å². The van der Waals surface area contributed by atoms with Crippen LogP contribution in [0, 0.1) is 6.92 Å². The number of hydrogen-bond acceptors (Lipinski definition) is 4. The van der Waals surface area contributed by atoms with E-state index < -0.39 is 5.97 Å². The van der Waals surface area contributed by atoms with Crippen LogP contribution in [0.4, 0.5) is 5.69 Å². The molecule has 0 atom stereocenters. The Hall–Kier alpha value is -2.40. The molecular weight excluding hydrogens is 342 g/mol. The van der Waals surface area contributed by atoms with E-state index in [2.05, 4.69) is 5.32 Å². The third-order valence-corrected chi connectivity index (χ3v) is 4.08. The predicted octanol–water partition coefficient (Wildman–Crippen LogP) is 4.75. The second kappa shape index (κ2) is 8.12. The first kappa shape index (κ1) is 18.9. The molecule has 5 nitrogen and oxygen atoms in total. The molecule has 6 heteroatoms. The fourth-order valence-corrected chi connectivity index (χ4v) is 2.69. The van der Waals surface area contributed by atoms with Crippen LogP contribution in [0.2, 0.25) is 5.02 Å². The highest BCUT2D eigenvalue weighted by atomic mass is 35.5. The van der Waals surface area contributed by atoms with E-state index in [4.69, 9.17) is 21.1 Å². The van der Waals surface area contributed by atoms with Gasteiger partial charge in [0.05, 0.1) is 18.8 Å². The zero-order valence-electron chi connectivity index (χ0n) is 14.7. The molecule has 25 heavy (non-hydrogen) atoms. The van der Waals surface area contributed by atoms with E-state index >= 15 is 0 Å². The van der Waals surface area contributed by atoms with E-state index in [1.807, 2.05) is 26.0 Å². The molecule has 0 saturated carbocycles. The molecule has 0 aromatic heterocycles. The molecule has 0 aliphatic rings. The van der Waals surface area contributed by atoms with Crippen LogP contribution in [0.25, 0.3) is 0 Å². The molecule has 0 saturated heterocycles. The van der Waals surface area contributed by atoms with Crippen molar-refractivity contribution in [3.8, 4) is 11.5 Å². The number of nitrogens with one attached hydrogen (secondary N) is 1. The molecule has 0 heterocycles. The SMILES string of the molecule is COc1cc(CNc2cccc(C(=O)O)c2C)c(Cl)cc1OC(C)C. The number of ether oxygens (including phenoxy) is 2. The molecule has 2 rings (SSSR count). The number of hydrogen-bond donors (Lipinski definition) is 2. The Morgan fingerprint density at radius 3 is 2.60 bits per heavy atom. The van der Waals surface area contributed by atoms with Crippen molar-refractivity contribution in [3.63, 3.8) is 0 Å². The smallest absolute Gasteiger partial charge is 0.336 e. The number of aromatic carboxylic acids is 1. The Morgan fingerprint density at radius 2 is 2.00 bits per heavy atom. The summed E-state index contributed by atoms with van der Waals surface area (Å²) in [5, 5.41) is 13.0. The molecule has 0 spiro atoms. The van der Waals surface area contributed by atoms with Crippen molar-refractivity contribution < 1.29 is 19.4 Å². The highest BCUT2D eigenvalue weighted by molar-refractivity contribution is 6.31. The van der Waals surface area contributed by atoms with E-state index in [-0.39, 0.29) is 11.7 Å². The van der Waals surface area contributed by atoms with Gasteiger partial charge in [-0.05, 0) is 50.1 Å². The molecule has 2 aromatic rings. The molecule has 0 unspecified atom stereocenters. The molecule has 0 aliphatic heterocycles. The Balaban J connectivity index is 2.24. The number of carbonyl (C=O) groups is 1. The molecule has 0 aliphatic carbocycles. The van der Waals surface area contributed by atoms with Gasteiger partial charge in [-0.25, -0.2) is 4.79 Å². The van der Waals surface area contributed by atoms with Gasteiger partial charge in [-0.1, -0.05) is 17.7 Å². The number of rotatable bonds is 7. The second-order valence-electron chi connectivity index (χ2n) is 5.90. The average Bonchev–Trinajstić information content (AvgIpc) is 2.54. The zero-order chi connectivity index (χ0) is 18.6. The first-order valence-electron chi connectivity index (χ1n) is 7.93. The van der Waals surface area contributed by atoms with E-state index in [0.717, 1.165) is 11.3 Å². The van der Waals surface area contributed by atoms with Gasteiger partial charge in [-0.15, -0.1) is 0 Å². The Kier molecular flexibility index (Phi) is 6.15. The van der Waals surface area contributed by atoms with E-state index in [0.29, 0.717) is 28.6 Å². The van der Waals surface area contributed by atoms with E-state index in [1.165, 1.54) is 0 Å². The van der Waals surface area contributed by atoms with Crippen molar-refractivity contribution in [3.05, 3.63) is 52.0 Å². The van der Waals surface area contributed by atoms with Crippen LogP contribution < -0.4 is 14.8 Å². The van der Waals surface area contributed by atoms with Gasteiger partial charge in [-0.2, -0.15) is 0 Å². The third-order valence-electron chi connectivity index (χ3n) is 3.73. The minimum atomic E-state index is -0.948. The summed E-state index contributed by atoms with van der Waals surface area (Å²) in [6.45, 7) is 6.07. The summed E-state index contributed by atoms with van der Waals surface area (Å²) in [5.74, 6) is 0.247. The Morgan fingerprint density at radius 1 is 1.28 bits per heavy atom. The minimum absolute atomic E-state index is 0.00958. The quantitative estimate of drug-likeness (QED) is 0.742. The number of carboxylic acids is 1. The van der Waals surface area contributed by atoms with E-state index in [1.54, 1.807) is 32.2 Å². The lowest BCUT2D eigenvalue weighted by Gasteiger charge is -2.17. The van der Waals surface area contributed by atoms with Gasteiger partial charge < -0.3 is 19.9 Å². The fraction of sp³-hybridized carbons (Fsp3) is 0.316. The predicted molar refractivity (Wildman–Crippen MR) is 99.2 cm³/mol. The number of halogens is 1.